The van der Waals surface area contributed by atoms with Crippen molar-refractivity contribution in [1.82, 2.24) is 15.2 Å². The van der Waals surface area contributed by atoms with E-state index in [9.17, 15) is 9.59 Å². The van der Waals surface area contributed by atoms with E-state index in [1.54, 1.807) is 35.4 Å². The Morgan fingerprint density at radius 3 is 2.75 bits per heavy atom. The molecule has 0 bridgehead atoms. The second kappa shape index (κ2) is 8.43. The lowest BCUT2D eigenvalue weighted by atomic mass is 10.2. The quantitative estimate of drug-likeness (QED) is 0.842. The summed E-state index contributed by atoms with van der Waals surface area (Å²) in [6.07, 6.45) is 5.30. The van der Waals surface area contributed by atoms with Crippen molar-refractivity contribution in [2.75, 3.05) is 44.2 Å². The first kappa shape index (κ1) is 18.5. The topological polar surface area (TPSA) is 87.9 Å². The highest BCUT2D eigenvalue weighted by Gasteiger charge is 2.27. The summed E-state index contributed by atoms with van der Waals surface area (Å²) < 4.78 is 10.8. The van der Waals surface area contributed by atoms with Crippen molar-refractivity contribution in [2.45, 2.75) is 18.9 Å². The van der Waals surface area contributed by atoms with Crippen LogP contribution in [0.4, 0.5) is 5.82 Å². The number of aromatic nitrogens is 1. The molecule has 0 aromatic carbocycles. The molecule has 0 radical (unpaired) electrons. The number of nitrogens with one attached hydrogen (secondary N) is 1. The number of carbonyl (C=O) groups excluding carboxylic acids is 2. The molecule has 8 heteroatoms. The van der Waals surface area contributed by atoms with Gasteiger partial charge >= 0.3 is 0 Å². The number of anilines is 1. The normalized spacial score (nSPS) is 19.6. The maximum atomic E-state index is 12.7. The number of ether oxygens (including phenoxy) is 1. The van der Waals surface area contributed by atoms with Gasteiger partial charge in [0.25, 0.3) is 11.8 Å². The van der Waals surface area contributed by atoms with Crippen LogP contribution in [0, 0.1) is 0 Å². The Bertz CT molecular complexity index is 809. The van der Waals surface area contributed by atoms with Crippen LogP contribution in [0.2, 0.25) is 0 Å². The average Bonchev–Trinajstić information content (AvgIpc) is 3.46. The van der Waals surface area contributed by atoms with Gasteiger partial charge in [-0.2, -0.15) is 0 Å². The number of piperazine rings is 1. The van der Waals surface area contributed by atoms with Crippen LogP contribution >= 0.6 is 0 Å². The van der Waals surface area contributed by atoms with Gasteiger partial charge in [0.2, 0.25) is 0 Å². The van der Waals surface area contributed by atoms with Crippen molar-refractivity contribution in [3.8, 4) is 0 Å². The van der Waals surface area contributed by atoms with Crippen molar-refractivity contribution >= 4 is 17.6 Å². The highest BCUT2D eigenvalue weighted by Crippen LogP contribution is 2.20. The van der Waals surface area contributed by atoms with Gasteiger partial charge in [0.1, 0.15) is 5.82 Å². The lowest BCUT2D eigenvalue weighted by molar-refractivity contribution is 0.0713. The number of amides is 2. The van der Waals surface area contributed by atoms with E-state index in [0.717, 1.165) is 19.4 Å². The molecular formula is C20H24N4O4. The first-order valence-corrected chi connectivity index (χ1v) is 9.65. The van der Waals surface area contributed by atoms with Gasteiger partial charge in [-0.3, -0.25) is 9.59 Å². The molecular weight excluding hydrogens is 360 g/mol. The van der Waals surface area contributed by atoms with Crippen LogP contribution in [0.3, 0.4) is 0 Å². The monoisotopic (exact) mass is 384 g/mol. The number of pyridine rings is 1. The van der Waals surface area contributed by atoms with E-state index in [4.69, 9.17) is 9.15 Å². The first-order chi connectivity index (χ1) is 13.7. The summed E-state index contributed by atoms with van der Waals surface area (Å²) in [5.41, 5.74) is 0.548. The molecule has 4 heterocycles. The maximum Gasteiger partial charge on any atom is 0.289 e. The molecule has 0 saturated carbocycles. The van der Waals surface area contributed by atoms with Crippen LogP contribution in [-0.4, -0.2) is 67.1 Å². The van der Waals surface area contributed by atoms with Gasteiger partial charge in [-0.1, -0.05) is 0 Å². The molecule has 2 aliphatic heterocycles. The Morgan fingerprint density at radius 1 is 1.18 bits per heavy atom. The third-order valence-corrected chi connectivity index (χ3v) is 5.14. The van der Waals surface area contributed by atoms with Crippen LogP contribution in [0.5, 0.6) is 0 Å². The van der Waals surface area contributed by atoms with Crippen LogP contribution in [0.25, 0.3) is 0 Å². The Labute approximate surface area is 163 Å². The largest absolute Gasteiger partial charge is 0.459 e. The lowest BCUT2D eigenvalue weighted by Gasteiger charge is -2.35. The molecule has 0 aliphatic carbocycles. The fourth-order valence-electron chi connectivity index (χ4n) is 3.61. The van der Waals surface area contributed by atoms with Crippen LogP contribution in [0.1, 0.15) is 33.8 Å². The standard InChI is InChI=1S/C20H24N4O4/c25-19(22-14-15-4-2-12-27-15)16-5-1-7-21-18(16)23-8-10-24(11-9-23)20(26)17-6-3-13-28-17/h1,3,5-7,13,15H,2,4,8-12,14H2,(H,22,25). The fourth-order valence-corrected chi connectivity index (χ4v) is 3.61. The summed E-state index contributed by atoms with van der Waals surface area (Å²) in [7, 11) is 0. The predicted molar refractivity (Wildman–Crippen MR) is 102 cm³/mol. The third-order valence-electron chi connectivity index (χ3n) is 5.14. The van der Waals surface area contributed by atoms with Gasteiger partial charge in [-0.15, -0.1) is 0 Å². The molecule has 2 aliphatic rings. The Hall–Kier alpha value is -2.87. The molecule has 2 aromatic rings. The fraction of sp³-hybridized carbons (Fsp3) is 0.450. The zero-order valence-corrected chi connectivity index (χ0v) is 15.7. The minimum atomic E-state index is -0.146. The van der Waals surface area contributed by atoms with Gasteiger partial charge in [-0.25, -0.2) is 4.98 Å². The number of hydrogen-bond acceptors (Lipinski definition) is 6. The average molecular weight is 384 g/mol. The highest BCUT2D eigenvalue weighted by atomic mass is 16.5. The molecule has 1 atom stereocenters. The zero-order chi connectivity index (χ0) is 19.3. The van der Waals surface area contributed by atoms with E-state index in [0.29, 0.717) is 49.9 Å². The summed E-state index contributed by atoms with van der Waals surface area (Å²) in [5, 5.41) is 2.96. The van der Waals surface area contributed by atoms with Crippen molar-refractivity contribution in [2.24, 2.45) is 0 Å². The molecule has 1 N–H and O–H groups in total. The van der Waals surface area contributed by atoms with E-state index in [-0.39, 0.29) is 17.9 Å². The van der Waals surface area contributed by atoms with Crippen LogP contribution in [-0.2, 0) is 4.74 Å². The third kappa shape index (κ3) is 4.01. The summed E-state index contributed by atoms with van der Waals surface area (Å²) in [4.78, 5) is 33.3. The van der Waals surface area contributed by atoms with Gasteiger partial charge in [0.15, 0.2) is 5.76 Å². The molecule has 2 saturated heterocycles. The van der Waals surface area contributed by atoms with Gasteiger partial charge in [0.05, 0.1) is 17.9 Å². The van der Waals surface area contributed by atoms with Crippen molar-refractivity contribution < 1.29 is 18.7 Å². The second-order valence-electron chi connectivity index (χ2n) is 6.98. The van der Waals surface area contributed by atoms with Crippen molar-refractivity contribution in [3.05, 3.63) is 48.0 Å². The van der Waals surface area contributed by atoms with E-state index in [1.807, 2.05) is 4.90 Å². The second-order valence-corrected chi connectivity index (χ2v) is 6.98. The summed E-state index contributed by atoms with van der Waals surface area (Å²) >= 11 is 0. The molecule has 2 amide bonds. The molecule has 148 valence electrons. The first-order valence-electron chi connectivity index (χ1n) is 9.65. The Balaban J connectivity index is 1.38. The zero-order valence-electron chi connectivity index (χ0n) is 15.7. The van der Waals surface area contributed by atoms with E-state index < -0.39 is 0 Å². The molecule has 8 nitrogen and oxygen atoms in total. The number of nitrogens with zero attached hydrogens (tertiary/aromatic N) is 3. The van der Waals surface area contributed by atoms with E-state index >= 15 is 0 Å². The molecule has 4 rings (SSSR count). The smallest absolute Gasteiger partial charge is 0.289 e. The molecule has 1 unspecified atom stereocenters. The summed E-state index contributed by atoms with van der Waals surface area (Å²) in [6, 6.07) is 6.93. The molecule has 28 heavy (non-hydrogen) atoms. The lowest BCUT2D eigenvalue weighted by Crippen LogP contribution is -2.49. The van der Waals surface area contributed by atoms with Crippen molar-refractivity contribution in [3.63, 3.8) is 0 Å². The predicted octanol–water partition coefficient (Wildman–Crippen LogP) is 1.55. The van der Waals surface area contributed by atoms with Gasteiger partial charge in [-0.05, 0) is 37.1 Å². The van der Waals surface area contributed by atoms with Gasteiger partial charge in [0, 0.05) is 45.5 Å². The number of hydrogen-bond donors (Lipinski definition) is 1. The summed E-state index contributed by atoms with van der Waals surface area (Å²) in [5.74, 6) is 0.741. The minimum Gasteiger partial charge on any atom is -0.459 e. The molecule has 2 fully saturated rings. The molecule has 0 spiro atoms. The SMILES string of the molecule is O=C(NCC1CCCO1)c1cccnc1N1CCN(C(=O)c2ccco2)CC1. The highest BCUT2D eigenvalue weighted by molar-refractivity contribution is 5.99. The Kier molecular flexibility index (Phi) is 5.57. The van der Waals surface area contributed by atoms with Crippen LogP contribution < -0.4 is 10.2 Å². The van der Waals surface area contributed by atoms with Crippen molar-refractivity contribution in [1.29, 1.82) is 0 Å². The molecule has 2 aromatic heterocycles. The number of furan rings is 1. The minimum absolute atomic E-state index is 0.0974. The number of rotatable bonds is 5. The maximum absolute atomic E-state index is 12.7. The summed E-state index contributed by atoms with van der Waals surface area (Å²) in [6.45, 7) is 3.59. The number of carbonyl (C=O) groups is 2. The van der Waals surface area contributed by atoms with E-state index in [2.05, 4.69) is 10.3 Å². The van der Waals surface area contributed by atoms with E-state index in [1.165, 1.54) is 6.26 Å². The van der Waals surface area contributed by atoms with Gasteiger partial charge < -0.3 is 24.3 Å². The van der Waals surface area contributed by atoms with Crippen LogP contribution in [0.15, 0.2) is 41.1 Å². The Morgan fingerprint density at radius 2 is 2.04 bits per heavy atom.